The van der Waals surface area contributed by atoms with Crippen LogP contribution in [-0.4, -0.2) is 61.2 Å². The third-order valence-electron chi connectivity index (χ3n) is 8.07. The molecular weight excluding hydrogens is 452 g/mol. The Morgan fingerprint density at radius 3 is 2.56 bits per heavy atom. The van der Waals surface area contributed by atoms with Gasteiger partial charge >= 0.3 is 0 Å². The first-order valence-electron chi connectivity index (χ1n) is 11.6. The zero-order chi connectivity index (χ0) is 23.7. The number of amides is 2. The molecule has 4 aliphatic rings. The van der Waals surface area contributed by atoms with Gasteiger partial charge in [-0.25, -0.2) is 8.42 Å². The molecule has 34 heavy (non-hydrogen) atoms. The van der Waals surface area contributed by atoms with Crippen molar-refractivity contribution in [3.8, 4) is 0 Å². The molecular formula is C26H26N2O5S. The van der Waals surface area contributed by atoms with Gasteiger partial charge in [0.2, 0.25) is 5.91 Å². The summed E-state index contributed by atoms with van der Waals surface area (Å²) in [4.78, 5) is 34.1. The number of hydrogen-bond acceptors (Lipinski definition) is 6. The van der Waals surface area contributed by atoms with Crippen molar-refractivity contribution in [2.24, 2.45) is 11.8 Å². The van der Waals surface area contributed by atoms with Crippen LogP contribution in [0.4, 0.5) is 0 Å². The lowest BCUT2D eigenvalue weighted by molar-refractivity contribution is -0.207. The van der Waals surface area contributed by atoms with E-state index in [9.17, 15) is 18.0 Å². The number of imide groups is 1. The summed E-state index contributed by atoms with van der Waals surface area (Å²) in [5, 5.41) is 1.71. The van der Waals surface area contributed by atoms with Crippen LogP contribution in [0.5, 0.6) is 0 Å². The van der Waals surface area contributed by atoms with E-state index in [0.717, 1.165) is 5.56 Å². The number of sulfone groups is 1. The number of allylic oxidation sites excluding steroid dienone is 1. The zero-order valence-corrected chi connectivity index (χ0v) is 19.6. The molecule has 0 radical (unpaired) electrons. The van der Waals surface area contributed by atoms with Gasteiger partial charge < -0.3 is 0 Å². The predicted octanol–water partition coefficient (Wildman–Crippen LogP) is 2.35. The maximum Gasteiger partial charge on any atom is 0.261 e. The van der Waals surface area contributed by atoms with Crippen molar-refractivity contribution in [1.29, 1.82) is 0 Å². The third kappa shape index (κ3) is 2.85. The van der Waals surface area contributed by atoms with Crippen LogP contribution >= 0.6 is 0 Å². The van der Waals surface area contributed by atoms with Crippen molar-refractivity contribution in [3.05, 3.63) is 77.9 Å². The van der Waals surface area contributed by atoms with E-state index < -0.39 is 27.4 Å². The van der Waals surface area contributed by atoms with Crippen LogP contribution in [-0.2, 0) is 30.7 Å². The van der Waals surface area contributed by atoms with Crippen molar-refractivity contribution >= 4 is 21.7 Å². The molecule has 0 N–H and O–H groups in total. The highest BCUT2D eigenvalue weighted by Crippen LogP contribution is 2.60. The SMILES string of the molecule is CN1C(=O)[C@@H]2[C@@H](ON(CCS(=O)(=O)c3ccccc3)[C@@]23C2C=CCC3c3ccccc3C2)C1=O. The number of carbonyl (C=O) groups excluding carboxylic acids is 2. The number of likely N-dealkylation sites (tertiary alicyclic amines) is 1. The molecule has 1 spiro atoms. The van der Waals surface area contributed by atoms with E-state index in [0.29, 0.717) is 12.8 Å². The van der Waals surface area contributed by atoms with E-state index in [2.05, 4.69) is 24.3 Å². The van der Waals surface area contributed by atoms with Gasteiger partial charge in [0.1, 0.15) is 0 Å². The Hall–Kier alpha value is -2.81. The number of benzene rings is 2. The fourth-order valence-corrected chi connectivity index (χ4v) is 7.81. The molecule has 7 nitrogen and oxygen atoms in total. The minimum atomic E-state index is -3.57. The smallest absolute Gasteiger partial charge is 0.261 e. The van der Waals surface area contributed by atoms with Crippen LogP contribution < -0.4 is 0 Å². The fraction of sp³-hybridized carbons (Fsp3) is 0.385. The lowest BCUT2D eigenvalue weighted by Crippen LogP contribution is -2.63. The monoisotopic (exact) mass is 478 g/mol. The summed E-state index contributed by atoms with van der Waals surface area (Å²) in [7, 11) is -2.06. The lowest BCUT2D eigenvalue weighted by Gasteiger charge is -2.54. The molecule has 0 saturated carbocycles. The molecule has 5 atom stereocenters. The number of likely N-dealkylation sites (N-methyl/N-ethyl adjacent to an activating group) is 1. The summed E-state index contributed by atoms with van der Waals surface area (Å²) in [5.74, 6) is -1.58. The Balaban J connectivity index is 1.45. The lowest BCUT2D eigenvalue weighted by atomic mass is 9.55. The van der Waals surface area contributed by atoms with Gasteiger partial charge in [-0.2, -0.15) is 5.06 Å². The highest BCUT2D eigenvalue weighted by atomic mass is 32.2. The Labute approximate surface area is 198 Å². The van der Waals surface area contributed by atoms with Crippen LogP contribution in [0, 0.1) is 11.8 Å². The van der Waals surface area contributed by atoms with Gasteiger partial charge in [0.15, 0.2) is 15.9 Å². The summed E-state index contributed by atoms with van der Waals surface area (Å²) >= 11 is 0. The molecule has 2 amide bonds. The summed E-state index contributed by atoms with van der Waals surface area (Å²) in [5.41, 5.74) is 1.58. The number of carbonyl (C=O) groups is 2. The quantitative estimate of drug-likeness (QED) is 0.496. The highest BCUT2D eigenvalue weighted by Gasteiger charge is 2.71. The van der Waals surface area contributed by atoms with Crippen LogP contribution in [0.25, 0.3) is 0 Å². The standard InChI is InChI=1S/C26H26N2O5S/c1-27-24(29)22-23(25(27)30)33-28(14-15-34(31,32)19-10-3-2-4-11-19)26(22)18-9-7-13-21(26)20-12-6-5-8-17(20)16-18/h2-12,18,21-23H,13-16H2,1H3/t18?,21?,22-,23+,26+/m0/s1. The molecule has 2 saturated heterocycles. The summed E-state index contributed by atoms with van der Waals surface area (Å²) < 4.78 is 26.2. The van der Waals surface area contributed by atoms with E-state index >= 15 is 0 Å². The first-order valence-corrected chi connectivity index (χ1v) is 13.3. The number of rotatable bonds is 4. The van der Waals surface area contributed by atoms with Crippen LogP contribution in [0.3, 0.4) is 0 Å². The molecule has 2 aromatic carbocycles. The van der Waals surface area contributed by atoms with Crippen molar-refractivity contribution in [2.45, 2.75) is 35.3 Å². The minimum Gasteiger partial charge on any atom is -0.284 e. The van der Waals surface area contributed by atoms with Crippen molar-refractivity contribution < 1.29 is 22.8 Å². The predicted molar refractivity (Wildman–Crippen MR) is 124 cm³/mol. The van der Waals surface area contributed by atoms with Gasteiger partial charge in [0.25, 0.3) is 5.91 Å². The first kappa shape index (κ1) is 21.7. The molecule has 8 heteroatoms. The Morgan fingerprint density at radius 2 is 1.76 bits per heavy atom. The van der Waals surface area contributed by atoms with Crippen LogP contribution in [0.15, 0.2) is 71.6 Å². The van der Waals surface area contributed by atoms with Crippen molar-refractivity contribution in [2.75, 3.05) is 19.3 Å². The van der Waals surface area contributed by atoms with Gasteiger partial charge in [0.05, 0.1) is 22.1 Å². The van der Waals surface area contributed by atoms with Gasteiger partial charge in [-0.3, -0.25) is 19.3 Å². The van der Waals surface area contributed by atoms with E-state index in [1.165, 1.54) is 17.5 Å². The summed E-state index contributed by atoms with van der Waals surface area (Å²) in [6, 6.07) is 16.6. The Morgan fingerprint density at radius 1 is 1.03 bits per heavy atom. The number of nitrogens with zero attached hydrogens (tertiary/aromatic N) is 2. The van der Waals surface area contributed by atoms with Gasteiger partial charge in [-0.15, -0.1) is 0 Å². The van der Waals surface area contributed by atoms with E-state index in [4.69, 9.17) is 4.84 Å². The minimum absolute atomic E-state index is 0.0705. The molecule has 6 rings (SSSR count). The summed E-state index contributed by atoms with van der Waals surface area (Å²) in [6.07, 6.45) is 4.77. The van der Waals surface area contributed by atoms with E-state index in [1.807, 2.05) is 12.1 Å². The molecule has 2 unspecified atom stereocenters. The van der Waals surface area contributed by atoms with Crippen LogP contribution in [0.1, 0.15) is 23.5 Å². The average molecular weight is 479 g/mol. The van der Waals surface area contributed by atoms with E-state index in [1.54, 1.807) is 35.4 Å². The molecule has 2 heterocycles. The molecule has 176 valence electrons. The normalized spacial score (nSPS) is 32.3. The molecule has 2 aromatic rings. The summed E-state index contributed by atoms with van der Waals surface area (Å²) in [6.45, 7) is 0.0809. The van der Waals surface area contributed by atoms with E-state index in [-0.39, 0.29) is 40.8 Å². The Bertz CT molecular complexity index is 1310. The second-order valence-electron chi connectivity index (χ2n) is 9.59. The molecule has 2 aliphatic carbocycles. The highest BCUT2D eigenvalue weighted by molar-refractivity contribution is 7.91. The van der Waals surface area contributed by atoms with Crippen LogP contribution in [0.2, 0.25) is 0 Å². The number of fused-ring (bicyclic) bond motifs is 3. The molecule has 2 fully saturated rings. The number of hydroxylamine groups is 2. The van der Waals surface area contributed by atoms with Gasteiger partial charge in [0, 0.05) is 25.4 Å². The van der Waals surface area contributed by atoms with Crippen molar-refractivity contribution in [1.82, 2.24) is 9.96 Å². The maximum atomic E-state index is 13.4. The zero-order valence-electron chi connectivity index (χ0n) is 18.8. The maximum absolute atomic E-state index is 13.4. The molecule has 0 aromatic heterocycles. The fourth-order valence-electron chi connectivity index (χ4n) is 6.60. The largest absolute Gasteiger partial charge is 0.284 e. The topological polar surface area (TPSA) is 84.0 Å². The second kappa shape index (κ2) is 7.60. The molecule has 2 aliphatic heterocycles. The van der Waals surface area contributed by atoms with Gasteiger partial charge in [-0.05, 0) is 36.1 Å². The van der Waals surface area contributed by atoms with Gasteiger partial charge in [-0.1, -0.05) is 54.6 Å². The Kier molecular flexibility index (Phi) is 4.85. The first-order chi connectivity index (χ1) is 16.4. The second-order valence-corrected chi connectivity index (χ2v) is 11.7. The molecule has 2 bridgehead atoms. The van der Waals surface area contributed by atoms with Crippen molar-refractivity contribution in [3.63, 3.8) is 0 Å². The average Bonchev–Trinajstić information content (AvgIpc) is 3.27. The number of hydrogen-bond donors (Lipinski definition) is 0. The third-order valence-corrected chi connectivity index (χ3v) is 9.78.